The zero-order valence-corrected chi connectivity index (χ0v) is 13.9. The number of rotatable bonds is 2. The summed E-state index contributed by atoms with van der Waals surface area (Å²) in [6.07, 6.45) is -4.98. The van der Waals surface area contributed by atoms with Gasteiger partial charge >= 0.3 is 17.7 Å². The number of hydrogen-bond acceptors (Lipinski definition) is 3. The summed E-state index contributed by atoms with van der Waals surface area (Å²) in [5, 5.41) is 2.46. The highest BCUT2D eigenvalue weighted by molar-refractivity contribution is 9.10. The number of anilines is 1. The van der Waals surface area contributed by atoms with Crippen LogP contribution >= 0.6 is 15.9 Å². The van der Waals surface area contributed by atoms with Gasteiger partial charge in [0.25, 0.3) is 0 Å². The monoisotopic (exact) mass is 411 g/mol. The van der Waals surface area contributed by atoms with E-state index in [0.29, 0.717) is 21.0 Å². The van der Waals surface area contributed by atoms with E-state index >= 15 is 0 Å². The van der Waals surface area contributed by atoms with E-state index in [2.05, 4.69) is 15.9 Å². The molecule has 1 amide bonds. The minimum atomic E-state index is -4.98. The van der Waals surface area contributed by atoms with Crippen LogP contribution < -0.4 is 10.9 Å². The lowest BCUT2D eigenvalue weighted by molar-refractivity contribution is -0.167. The molecule has 3 aromatic rings. The number of para-hydroxylation sites is 1. The summed E-state index contributed by atoms with van der Waals surface area (Å²) in [6.45, 7) is 0. The molecule has 0 saturated carbocycles. The number of alkyl halides is 3. The normalized spacial score (nSPS) is 11.5. The Labute approximate surface area is 147 Å². The van der Waals surface area contributed by atoms with Gasteiger partial charge in [-0.25, -0.2) is 4.79 Å². The molecule has 0 fully saturated rings. The molecule has 128 valence electrons. The van der Waals surface area contributed by atoms with Crippen molar-refractivity contribution in [2.75, 3.05) is 5.32 Å². The second-order valence-electron chi connectivity index (χ2n) is 5.13. The van der Waals surface area contributed by atoms with E-state index in [1.165, 1.54) is 18.2 Å². The van der Waals surface area contributed by atoms with Crippen LogP contribution in [0.1, 0.15) is 0 Å². The topological polar surface area (TPSA) is 59.3 Å². The van der Waals surface area contributed by atoms with E-state index in [9.17, 15) is 22.8 Å². The summed E-state index contributed by atoms with van der Waals surface area (Å²) in [7, 11) is 0. The van der Waals surface area contributed by atoms with Gasteiger partial charge in [-0.3, -0.25) is 4.79 Å². The molecule has 4 nitrogen and oxygen atoms in total. The Hall–Kier alpha value is -2.61. The standard InChI is InChI=1S/C17H9BrF3NO3/c18-13-8-10(22-16(24)17(19,20)21)5-6-11(13)12-7-9-3-1-2-4-14(9)25-15(12)23/h1-8H,(H,22,24). The van der Waals surface area contributed by atoms with E-state index in [1.807, 2.05) is 0 Å². The molecule has 1 N–H and O–H groups in total. The number of carbonyl (C=O) groups excluding carboxylic acids is 1. The molecular weight excluding hydrogens is 403 g/mol. The van der Waals surface area contributed by atoms with Crippen LogP contribution in [0.4, 0.5) is 18.9 Å². The second-order valence-corrected chi connectivity index (χ2v) is 5.99. The summed E-state index contributed by atoms with van der Waals surface area (Å²) in [5.41, 5.74) is 0.486. The van der Waals surface area contributed by atoms with Crippen LogP contribution in [0.25, 0.3) is 22.1 Å². The first kappa shape index (κ1) is 17.2. The summed E-state index contributed by atoms with van der Waals surface area (Å²) in [5.74, 6) is -2.07. The molecule has 0 bridgehead atoms. The predicted molar refractivity (Wildman–Crippen MR) is 90.3 cm³/mol. The lowest BCUT2D eigenvalue weighted by Gasteiger charge is -2.10. The molecule has 1 heterocycles. The van der Waals surface area contributed by atoms with Crippen molar-refractivity contribution < 1.29 is 22.4 Å². The van der Waals surface area contributed by atoms with Crippen molar-refractivity contribution in [3.8, 4) is 11.1 Å². The Morgan fingerprint density at radius 2 is 1.76 bits per heavy atom. The third-order valence-corrected chi connectivity index (χ3v) is 4.07. The van der Waals surface area contributed by atoms with Crippen molar-refractivity contribution in [1.82, 2.24) is 0 Å². The van der Waals surface area contributed by atoms with Crippen molar-refractivity contribution in [3.05, 3.63) is 63.4 Å². The Bertz CT molecular complexity index is 1030. The molecule has 0 radical (unpaired) electrons. The highest BCUT2D eigenvalue weighted by atomic mass is 79.9. The van der Waals surface area contributed by atoms with E-state index < -0.39 is 17.7 Å². The smallest absolute Gasteiger partial charge is 0.422 e. The van der Waals surface area contributed by atoms with Gasteiger partial charge in [0, 0.05) is 21.1 Å². The SMILES string of the molecule is O=C(Nc1ccc(-c2cc3ccccc3oc2=O)c(Br)c1)C(F)(F)F. The average molecular weight is 412 g/mol. The van der Waals surface area contributed by atoms with Crippen molar-refractivity contribution in [1.29, 1.82) is 0 Å². The molecule has 0 spiro atoms. The van der Waals surface area contributed by atoms with Crippen LogP contribution in [0, 0.1) is 0 Å². The number of fused-ring (bicyclic) bond motifs is 1. The molecule has 0 saturated heterocycles. The molecule has 8 heteroatoms. The molecule has 1 aromatic heterocycles. The first-order valence-corrected chi connectivity index (χ1v) is 7.76. The number of carbonyl (C=O) groups is 1. The predicted octanol–water partition coefficient (Wildman–Crippen LogP) is 4.72. The summed E-state index contributed by atoms with van der Waals surface area (Å²) in [6, 6.07) is 12.6. The Morgan fingerprint density at radius 3 is 2.44 bits per heavy atom. The van der Waals surface area contributed by atoms with Gasteiger partial charge in [0.2, 0.25) is 0 Å². The van der Waals surface area contributed by atoms with Gasteiger partial charge in [0.1, 0.15) is 5.58 Å². The Kier molecular flexibility index (Phi) is 4.38. The van der Waals surface area contributed by atoms with Crippen molar-refractivity contribution in [3.63, 3.8) is 0 Å². The first-order valence-electron chi connectivity index (χ1n) is 6.97. The molecule has 0 aliphatic rings. The fraction of sp³-hybridized carbons (Fsp3) is 0.0588. The first-order chi connectivity index (χ1) is 11.8. The maximum absolute atomic E-state index is 12.3. The molecule has 25 heavy (non-hydrogen) atoms. The van der Waals surface area contributed by atoms with Crippen LogP contribution in [0.2, 0.25) is 0 Å². The lowest BCUT2D eigenvalue weighted by atomic mass is 10.1. The largest absolute Gasteiger partial charge is 0.471 e. The molecule has 0 aliphatic heterocycles. The Balaban J connectivity index is 2.00. The van der Waals surface area contributed by atoms with E-state index in [1.54, 1.807) is 35.6 Å². The van der Waals surface area contributed by atoms with Crippen LogP contribution in [0.15, 0.2) is 62.2 Å². The van der Waals surface area contributed by atoms with Crippen LogP contribution in [0.3, 0.4) is 0 Å². The maximum Gasteiger partial charge on any atom is 0.471 e. The second kappa shape index (κ2) is 6.36. The fourth-order valence-electron chi connectivity index (χ4n) is 2.26. The van der Waals surface area contributed by atoms with Crippen molar-refractivity contribution in [2.45, 2.75) is 6.18 Å². The molecule has 2 aromatic carbocycles. The van der Waals surface area contributed by atoms with E-state index in [-0.39, 0.29) is 11.3 Å². The zero-order chi connectivity index (χ0) is 18.2. The van der Waals surface area contributed by atoms with Gasteiger partial charge in [-0.1, -0.05) is 40.2 Å². The molecule has 3 rings (SSSR count). The van der Waals surface area contributed by atoms with Crippen LogP contribution in [-0.4, -0.2) is 12.1 Å². The molecular formula is C17H9BrF3NO3. The van der Waals surface area contributed by atoms with E-state index in [0.717, 1.165) is 0 Å². The molecule has 0 aliphatic carbocycles. The maximum atomic E-state index is 12.3. The highest BCUT2D eigenvalue weighted by Gasteiger charge is 2.38. The number of halogens is 4. The number of hydrogen-bond donors (Lipinski definition) is 1. The van der Waals surface area contributed by atoms with Crippen LogP contribution in [0.5, 0.6) is 0 Å². The van der Waals surface area contributed by atoms with Gasteiger partial charge in [-0.05, 0) is 24.3 Å². The third-order valence-electron chi connectivity index (χ3n) is 3.42. The van der Waals surface area contributed by atoms with Gasteiger partial charge in [-0.15, -0.1) is 0 Å². The van der Waals surface area contributed by atoms with E-state index in [4.69, 9.17) is 4.42 Å². The molecule has 0 atom stereocenters. The van der Waals surface area contributed by atoms with Gasteiger partial charge in [0.15, 0.2) is 0 Å². The summed E-state index contributed by atoms with van der Waals surface area (Å²) >= 11 is 3.21. The quantitative estimate of drug-likeness (QED) is 0.620. The van der Waals surface area contributed by atoms with Crippen molar-refractivity contribution in [2.24, 2.45) is 0 Å². The number of amides is 1. The summed E-state index contributed by atoms with van der Waals surface area (Å²) < 4.78 is 42.5. The van der Waals surface area contributed by atoms with Crippen molar-refractivity contribution >= 4 is 38.5 Å². The third kappa shape index (κ3) is 3.58. The minimum absolute atomic E-state index is 0.0527. The minimum Gasteiger partial charge on any atom is -0.422 e. The van der Waals surface area contributed by atoms with Gasteiger partial charge in [-0.2, -0.15) is 13.2 Å². The zero-order valence-electron chi connectivity index (χ0n) is 12.4. The Morgan fingerprint density at radius 1 is 1.04 bits per heavy atom. The molecule has 0 unspecified atom stereocenters. The highest BCUT2D eigenvalue weighted by Crippen LogP contribution is 2.31. The average Bonchev–Trinajstić information content (AvgIpc) is 2.54. The summed E-state index contributed by atoms with van der Waals surface area (Å²) in [4.78, 5) is 23.2. The van der Waals surface area contributed by atoms with Gasteiger partial charge in [0.05, 0.1) is 5.56 Å². The number of nitrogens with one attached hydrogen (secondary N) is 1. The fourth-order valence-corrected chi connectivity index (χ4v) is 2.86. The van der Waals surface area contributed by atoms with Crippen LogP contribution in [-0.2, 0) is 4.79 Å². The lowest BCUT2D eigenvalue weighted by Crippen LogP contribution is -2.29. The van der Waals surface area contributed by atoms with Gasteiger partial charge < -0.3 is 9.73 Å². The number of benzene rings is 2.